The highest BCUT2D eigenvalue weighted by atomic mass is 19.1. The van der Waals surface area contributed by atoms with Gasteiger partial charge in [-0.1, -0.05) is 0 Å². The molecule has 0 bridgehead atoms. The van der Waals surface area contributed by atoms with Gasteiger partial charge >= 0.3 is 0 Å². The average Bonchev–Trinajstić information content (AvgIpc) is 2.67. The number of aromatic hydroxyl groups is 1. The number of benzene rings is 1. The third-order valence-corrected chi connectivity index (χ3v) is 5.78. The van der Waals surface area contributed by atoms with Crippen molar-refractivity contribution in [3.05, 3.63) is 39.4 Å². The number of rotatable bonds is 4. The van der Waals surface area contributed by atoms with Gasteiger partial charge in [0.2, 0.25) is 0 Å². The van der Waals surface area contributed by atoms with E-state index in [0.717, 1.165) is 13.1 Å². The highest BCUT2D eigenvalue weighted by Crippen LogP contribution is 2.35. The van der Waals surface area contributed by atoms with Gasteiger partial charge in [-0.3, -0.25) is 9.59 Å². The van der Waals surface area contributed by atoms with Gasteiger partial charge in [-0.05, 0) is 37.5 Å². The molecule has 1 saturated heterocycles. The zero-order valence-corrected chi connectivity index (χ0v) is 15.9. The lowest BCUT2D eigenvalue weighted by Crippen LogP contribution is -3.14. The molecule has 7 nitrogen and oxygen atoms in total. The van der Waals surface area contributed by atoms with Crippen molar-refractivity contribution >= 4 is 16.8 Å². The van der Waals surface area contributed by atoms with Gasteiger partial charge in [-0.2, -0.15) is 0 Å². The average molecular weight is 390 g/mol. The number of morpholine rings is 1. The smallest absolute Gasteiger partial charge is 0.267 e. The monoisotopic (exact) mass is 390 g/mol. The number of halogens is 1. The lowest BCUT2D eigenvalue weighted by Gasteiger charge is -2.27. The highest BCUT2D eigenvalue weighted by molar-refractivity contribution is 6.03. The van der Waals surface area contributed by atoms with Crippen LogP contribution in [0.3, 0.4) is 0 Å². The van der Waals surface area contributed by atoms with Crippen LogP contribution < -0.4 is 15.8 Å². The minimum Gasteiger partial charge on any atom is -0.506 e. The van der Waals surface area contributed by atoms with Crippen molar-refractivity contribution in [2.24, 2.45) is 0 Å². The zero-order chi connectivity index (χ0) is 19.8. The molecule has 150 valence electrons. The Kier molecular flexibility index (Phi) is 5.07. The van der Waals surface area contributed by atoms with E-state index in [9.17, 15) is 19.1 Å². The molecule has 0 saturated carbocycles. The van der Waals surface area contributed by atoms with E-state index >= 15 is 0 Å². The Balaban J connectivity index is 1.67. The van der Waals surface area contributed by atoms with Crippen molar-refractivity contribution in [1.82, 2.24) is 9.88 Å². The van der Waals surface area contributed by atoms with Gasteiger partial charge in [0.1, 0.15) is 30.2 Å². The number of ether oxygens (including phenoxy) is 1. The van der Waals surface area contributed by atoms with E-state index in [4.69, 9.17) is 4.74 Å². The van der Waals surface area contributed by atoms with E-state index in [2.05, 4.69) is 5.32 Å². The van der Waals surface area contributed by atoms with Crippen LogP contribution in [-0.4, -0.2) is 55.0 Å². The third-order valence-electron chi connectivity index (χ3n) is 5.78. The summed E-state index contributed by atoms with van der Waals surface area (Å²) in [6, 6.07) is 2.46. The number of hydrogen-bond donors (Lipinski definition) is 3. The Morgan fingerprint density at radius 3 is 2.89 bits per heavy atom. The molecule has 3 heterocycles. The predicted octanol–water partition coefficient (Wildman–Crippen LogP) is -0.00170. The molecule has 1 aromatic carbocycles. The first-order valence-corrected chi connectivity index (χ1v) is 9.76. The molecule has 0 radical (unpaired) electrons. The number of nitrogens with zero attached hydrogens (tertiary/aromatic N) is 1. The summed E-state index contributed by atoms with van der Waals surface area (Å²) in [5, 5.41) is 13.6. The van der Waals surface area contributed by atoms with Gasteiger partial charge in [0.05, 0.1) is 31.8 Å². The van der Waals surface area contributed by atoms with Gasteiger partial charge in [0, 0.05) is 11.4 Å². The molecule has 0 spiro atoms. The quantitative estimate of drug-likeness (QED) is 0.686. The second-order valence-corrected chi connectivity index (χ2v) is 7.62. The number of carbonyl (C=O) groups excluding carboxylic acids is 1. The van der Waals surface area contributed by atoms with Crippen molar-refractivity contribution in [3.63, 3.8) is 0 Å². The molecule has 1 amide bonds. The number of pyridine rings is 1. The summed E-state index contributed by atoms with van der Waals surface area (Å²) in [4.78, 5) is 27.1. The number of amides is 1. The third kappa shape index (κ3) is 3.27. The molecule has 2 aliphatic rings. The maximum atomic E-state index is 14.0. The Bertz CT molecular complexity index is 982. The normalized spacial score (nSPS) is 19.7. The largest absolute Gasteiger partial charge is 0.506 e. The molecule has 8 heteroatoms. The maximum Gasteiger partial charge on any atom is 0.267 e. The number of aryl methyl sites for hydroxylation is 1. The minimum absolute atomic E-state index is 0.127. The van der Waals surface area contributed by atoms with Crippen molar-refractivity contribution in [2.75, 3.05) is 39.4 Å². The minimum atomic E-state index is -0.621. The Morgan fingerprint density at radius 2 is 2.14 bits per heavy atom. The number of aromatic nitrogens is 1. The van der Waals surface area contributed by atoms with Crippen LogP contribution in [0.4, 0.5) is 4.39 Å². The Labute approximate surface area is 161 Å². The molecule has 0 unspecified atom stereocenters. The second kappa shape index (κ2) is 7.52. The zero-order valence-electron chi connectivity index (χ0n) is 15.9. The van der Waals surface area contributed by atoms with E-state index in [1.807, 2.05) is 6.92 Å². The molecular weight excluding hydrogens is 365 g/mol. The van der Waals surface area contributed by atoms with Crippen LogP contribution in [0.25, 0.3) is 10.9 Å². The molecule has 2 aliphatic heterocycles. The predicted molar refractivity (Wildman–Crippen MR) is 102 cm³/mol. The van der Waals surface area contributed by atoms with E-state index in [1.54, 1.807) is 0 Å². The van der Waals surface area contributed by atoms with Gasteiger partial charge in [-0.25, -0.2) is 4.39 Å². The summed E-state index contributed by atoms with van der Waals surface area (Å²) >= 11 is 0. The summed E-state index contributed by atoms with van der Waals surface area (Å²) in [6.07, 6.45) is 1.31. The van der Waals surface area contributed by atoms with Crippen LogP contribution in [-0.2, 0) is 11.2 Å². The lowest BCUT2D eigenvalue weighted by atomic mass is 9.95. The number of hydrogen-bond acceptors (Lipinski definition) is 4. The van der Waals surface area contributed by atoms with Crippen LogP contribution in [0.2, 0.25) is 0 Å². The molecule has 2 aromatic rings. The maximum absolute atomic E-state index is 14.0. The second-order valence-electron chi connectivity index (χ2n) is 7.62. The molecule has 3 N–H and O–H groups in total. The lowest BCUT2D eigenvalue weighted by molar-refractivity contribution is -0.906. The number of quaternary nitrogens is 1. The van der Waals surface area contributed by atoms with Crippen LogP contribution >= 0.6 is 0 Å². The topological polar surface area (TPSA) is 85.0 Å². The van der Waals surface area contributed by atoms with Crippen LogP contribution in [0.5, 0.6) is 5.75 Å². The Hall–Kier alpha value is -2.45. The highest BCUT2D eigenvalue weighted by Gasteiger charge is 2.28. The van der Waals surface area contributed by atoms with Crippen LogP contribution in [0.15, 0.2) is 16.9 Å². The number of nitrogens with one attached hydrogen (secondary N) is 2. The van der Waals surface area contributed by atoms with E-state index in [0.29, 0.717) is 50.2 Å². The Morgan fingerprint density at radius 1 is 1.39 bits per heavy atom. The summed E-state index contributed by atoms with van der Waals surface area (Å²) in [5.74, 6) is -1.55. The van der Waals surface area contributed by atoms with E-state index < -0.39 is 23.0 Å². The first-order valence-electron chi connectivity index (χ1n) is 9.76. The van der Waals surface area contributed by atoms with Crippen molar-refractivity contribution in [2.45, 2.75) is 25.8 Å². The molecule has 1 fully saturated rings. The summed E-state index contributed by atoms with van der Waals surface area (Å²) in [5.41, 5.74) is 0.372. The first-order chi connectivity index (χ1) is 13.5. The van der Waals surface area contributed by atoms with Gasteiger partial charge in [-0.15, -0.1) is 0 Å². The summed E-state index contributed by atoms with van der Waals surface area (Å²) < 4.78 is 20.9. The SMILES string of the molecule is C[C@H]1CCc2cc(F)cc3c(O)c(C(=O)NCC[NH+]4CCOCC4)c(=O)n1c23. The van der Waals surface area contributed by atoms with E-state index in [1.165, 1.54) is 21.6 Å². The van der Waals surface area contributed by atoms with Crippen molar-refractivity contribution in [3.8, 4) is 5.75 Å². The van der Waals surface area contributed by atoms with Crippen LogP contribution in [0.1, 0.15) is 35.3 Å². The van der Waals surface area contributed by atoms with E-state index in [-0.39, 0.29) is 17.0 Å². The standard InChI is InChI=1S/C20H24FN3O4/c1-12-2-3-13-10-14(21)11-15-17(13)24(12)20(27)16(18(15)25)19(26)22-4-5-23-6-8-28-9-7-23/h10-12,25H,2-9H2,1H3,(H,22,26)/p+1/t12-/m0/s1. The number of carbonyl (C=O) groups is 1. The van der Waals surface area contributed by atoms with Gasteiger partial charge < -0.3 is 24.6 Å². The molecule has 1 atom stereocenters. The molecule has 4 rings (SSSR count). The fourth-order valence-corrected chi connectivity index (χ4v) is 4.24. The summed E-state index contributed by atoms with van der Waals surface area (Å²) in [6.45, 7) is 6.15. The molecule has 28 heavy (non-hydrogen) atoms. The van der Waals surface area contributed by atoms with Crippen molar-refractivity contribution < 1.29 is 23.9 Å². The summed E-state index contributed by atoms with van der Waals surface area (Å²) in [7, 11) is 0. The van der Waals surface area contributed by atoms with Crippen LogP contribution in [0, 0.1) is 5.82 Å². The fourth-order valence-electron chi connectivity index (χ4n) is 4.24. The molecular formula is C20H25FN3O4+. The van der Waals surface area contributed by atoms with Gasteiger partial charge in [0.15, 0.2) is 0 Å². The van der Waals surface area contributed by atoms with Crippen molar-refractivity contribution in [1.29, 1.82) is 0 Å². The fraction of sp³-hybridized carbons (Fsp3) is 0.500. The first kappa shape index (κ1) is 18.9. The van der Waals surface area contributed by atoms with Gasteiger partial charge in [0.25, 0.3) is 11.5 Å². The molecule has 1 aromatic heterocycles. The molecule has 0 aliphatic carbocycles.